The Labute approximate surface area is 118 Å². The van der Waals surface area contributed by atoms with Gasteiger partial charge >= 0.3 is 5.97 Å². The van der Waals surface area contributed by atoms with Crippen molar-refractivity contribution < 1.29 is 18.7 Å². The van der Waals surface area contributed by atoms with Gasteiger partial charge in [0.05, 0.1) is 13.0 Å². The first-order valence-corrected chi connectivity index (χ1v) is 6.62. The van der Waals surface area contributed by atoms with Crippen LogP contribution in [-0.4, -0.2) is 18.5 Å². The second kappa shape index (κ2) is 7.62. The average molecular weight is 281 g/mol. The minimum absolute atomic E-state index is 0.0706. The van der Waals surface area contributed by atoms with Gasteiger partial charge in [-0.25, -0.2) is 4.39 Å². The van der Waals surface area contributed by atoms with Crippen LogP contribution in [0.25, 0.3) is 0 Å². The number of aryl methyl sites for hydroxylation is 2. The number of hydrogen-bond acceptors (Lipinski definition) is 3. The van der Waals surface area contributed by atoms with E-state index in [4.69, 9.17) is 4.74 Å². The zero-order valence-corrected chi connectivity index (χ0v) is 12.1. The smallest absolute Gasteiger partial charge is 0.306 e. The minimum atomic E-state index is -0.379. The Morgan fingerprint density at radius 1 is 1.20 bits per heavy atom. The highest BCUT2D eigenvalue weighted by molar-refractivity contribution is 5.81. The van der Waals surface area contributed by atoms with Crippen LogP contribution in [-0.2, 0) is 20.9 Å². The Hall–Kier alpha value is -1.91. The molecule has 4 nitrogen and oxygen atoms in total. The standard InChI is InChI=1S/C15H20FNO3/c1-4-20-14(19)6-5-13(18)17-9-12-7-10(2)15(16)11(3)8-12/h7-8H,4-6,9H2,1-3H3,(H,17,18). The second-order valence-electron chi connectivity index (χ2n) is 4.63. The highest BCUT2D eigenvalue weighted by atomic mass is 19.1. The molecule has 20 heavy (non-hydrogen) atoms. The van der Waals surface area contributed by atoms with Crippen LogP contribution in [0, 0.1) is 19.7 Å². The number of esters is 1. The normalized spacial score (nSPS) is 10.2. The molecule has 1 amide bonds. The van der Waals surface area contributed by atoms with Gasteiger partial charge in [-0.2, -0.15) is 0 Å². The van der Waals surface area contributed by atoms with E-state index in [0.29, 0.717) is 24.3 Å². The number of hydrogen-bond donors (Lipinski definition) is 1. The first-order valence-electron chi connectivity index (χ1n) is 6.62. The average Bonchev–Trinajstić information content (AvgIpc) is 2.40. The highest BCUT2D eigenvalue weighted by Crippen LogP contribution is 2.14. The summed E-state index contributed by atoms with van der Waals surface area (Å²) in [6, 6.07) is 3.40. The summed E-state index contributed by atoms with van der Waals surface area (Å²) < 4.78 is 18.2. The van der Waals surface area contributed by atoms with Crippen molar-refractivity contribution in [3.8, 4) is 0 Å². The number of halogens is 1. The molecule has 0 aromatic heterocycles. The molecule has 0 atom stereocenters. The van der Waals surface area contributed by atoms with Gasteiger partial charge in [-0.1, -0.05) is 12.1 Å². The summed E-state index contributed by atoms with van der Waals surface area (Å²) in [6.45, 7) is 5.73. The van der Waals surface area contributed by atoms with Gasteiger partial charge in [0.15, 0.2) is 0 Å². The van der Waals surface area contributed by atoms with E-state index in [-0.39, 0.29) is 30.5 Å². The number of rotatable bonds is 6. The molecule has 0 aliphatic carbocycles. The Bertz CT molecular complexity index is 477. The Morgan fingerprint density at radius 2 is 1.80 bits per heavy atom. The number of benzene rings is 1. The SMILES string of the molecule is CCOC(=O)CCC(=O)NCc1cc(C)c(F)c(C)c1. The molecule has 1 N–H and O–H groups in total. The summed E-state index contributed by atoms with van der Waals surface area (Å²) in [5, 5.41) is 2.70. The van der Waals surface area contributed by atoms with Crippen molar-refractivity contribution in [3.63, 3.8) is 0 Å². The van der Waals surface area contributed by atoms with Crippen molar-refractivity contribution in [2.45, 2.75) is 40.2 Å². The first-order chi connectivity index (χ1) is 9.43. The molecule has 1 aromatic carbocycles. The number of nitrogens with one attached hydrogen (secondary N) is 1. The number of ether oxygens (including phenoxy) is 1. The molecule has 0 fully saturated rings. The lowest BCUT2D eigenvalue weighted by atomic mass is 10.1. The van der Waals surface area contributed by atoms with Crippen LogP contribution in [0.3, 0.4) is 0 Å². The number of carbonyl (C=O) groups is 2. The van der Waals surface area contributed by atoms with Gasteiger partial charge in [0.25, 0.3) is 0 Å². The van der Waals surface area contributed by atoms with Crippen LogP contribution < -0.4 is 5.32 Å². The molecule has 1 rings (SSSR count). The summed E-state index contributed by atoms with van der Waals surface area (Å²) in [5.41, 5.74) is 1.95. The minimum Gasteiger partial charge on any atom is -0.466 e. The molecular weight excluding hydrogens is 261 g/mol. The summed E-state index contributed by atoms with van der Waals surface area (Å²) in [5.74, 6) is -0.823. The second-order valence-corrected chi connectivity index (χ2v) is 4.63. The topological polar surface area (TPSA) is 55.4 Å². The van der Waals surface area contributed by atoms with Crippen molar-refractivity contribution in [1.29, 1.82) is 0 Å². The Kier molecular flexibility index (Phi) is 6.15. The Balaban J connectivity index is 2.43. The molecule has 0 aliphatic heterocycles. The van der Waals surface area contributed by atoms with E-state index in [2.05, 4.69) is 5.32 Å². The maximum absolute atomic E-state index is 13.5. The fraction of sp³-hybridized carbons (Fsp3) is 0.467. The monoisotopic (exact) mass is 281 g/mol. The van der Waals surface area contributed by atoms with Gasteiger partial charge < -0.3 is 10.1 Å². The van der Waals surface area contributed by atoms with E-state index in [1.807, 2.05) is 0 Å². The van der Waals surface area contributed by atoms with Crippen molar-refractivity contribution in [2.24, 2.45) is 0 Å². The third kappa shape index (κ3) is 4.99. The van der Waals surface area contributed by atoms with Crippen LogP contribution in [0.4, 0.5) is 4.39 Å². The van der Waals surface area contributed by atoms with E-state index in [1.165, 1.54) is 0 Å². The molecule has 5 heteroatoms. The van der Waals surface area contributed by atoms with E-state index < -0.39 is 0 Å². The van der Waals surface area contributed by atoms with Crippen molar-refractivity contribution in [1.82, 2.24) is 5.32 Å². The lowest BCUT2D eigenvalue weighted by Crippen LogP contribution is -2.23. The van der Waals surface area contributed by atoms with Crippen LogP contribution >= 0.6 is 0 Å². The van der Waals surface area contributed by atoms with Crippen molar-refractivity contribution in [3.05, 3.63) is 34.6 Å². The zero-order chi connectivity index (χ0) is 15.1. The third-order valence-corrected chi connectivity index (χ3v) is 2.85. The lowest BCUT2D eigenvalue weighted by Gasteiger charge is -2.08. The van der Waals surface area contributed by atoms with Gasteiger partial charge in [-0.05, 0) is 37.5 Å². The third-order valence-electron chi connectivity index (χ3n) is 2.85. The predicted molar refractivity (Wildman–Crippen MR) is 73.6 cm³/mol. The predicted octanol–water partition coefficient (Wildman–Crippen LogP) is 2.40. The molecule has 0 unspecified atom stereocenters. The molecule has 0 saturated carbocycles. The van der Waals surface area contributed by atoms with Crippen LogP contribution in [0.1, 0.15) is 36.5 Å². The molecule has 110 valence electrons. The fourth-order valence-corrected chi connectivity index (χ4v) is 1.88. The fourth-order valence-electron chi connectivity index (χ4n) is 1.88. The van der Waals surface area contributed by atoms with E-state index in [9.17, 15) is 14.0 Å². The molecule has 1 aromatic rings. The maximum atomic E-state index is 13.5. The van der Waals surface area contributed by atoms with Gasteiger partial charge in [-0.15, -0.1) is 0 Å². The van der Waals surface area contributed by atoms with E-state index in [1.54, 1.807) is 32.9 Å². The van der Waals surface area contributed by atoms with E-state index >= 15 is 0 Å². The number of carbonyl (C=O) groups excluding carboxylic acids is 2. The van der Waals surface area contributed by atoms with Crippen LogP contribution in [0.2, 0.25) is 0 Å². The molecule has 0 heterocycles. The molecule has 0 bridgehead atoms. The molecule has 0 spiro atoms. The molecule has 0 aliphatic rings. The summed E-state index contributed by atoms with van der Waals surface area (Å²) in [7, 11) is 0. The van der Waals surface area contributed by atoms with Gasteiger partial charge in [0.1, 0.15) is 5.82 Å². The summed E-state index contributed by atoms with van der Waals surface area (Å²) in [4.78, 5) is 22.7. The van der Waals surface area contributed by atoms with Crippen LogP contribution in [0.15, 0.2) is 12.1 Å². The Morgan fingerprint density at radius 3 is 2.35 bits per heavy atom. The van der Waals surface area contributed by atoms with Crippen molar-refractivity contribution >= 4 is 11.9 Å². The van der Waals surface area contributed by atoms with E-state index in [0.717, 1.165) is 5.56 Å². The van der Waals surface area contributed by atoms with Gasteiger partial charge in [0, 0.05) is 13.0 Å². The maximum Gasteiger partial charge on any atom is 0.306 e. The van der Waals surface area contributed by atoms with Gasteiger partial charge in [-0.3, -0.25) is 9.59 Å². The largest absolute Gasteiger partial charge is 0.466 e. The molecule has 0 radical (unpaired) electrons. The lowest BCUT2D eigenvalue weighted by molar-refractivity contribution is -0.144. The molecular formula is C15H20FNO3. The van der Waals surface area contributed by atoms with Crippen LogP contribution in [0.5, 0.6) is 0 Å². The van der Waals surface area contributed by atoms with Crippen molar-refractivity contribution in [2.75, 3.05) is 6.61 Å². The van der Waals surface area contributed by atoms with Gasteiger partial charge in [0.2, 0.25) is 5.91 Å². The summed E-state index contributed by atoms with van der Waals surface area (Å²) >= 11 is 0. The highest BCUT2D eigenvalue weighted by Gasteiger charge is 2.08. The quantitative estimate of drug-likeness (QED) is 0.815. The summed E-state index contributed by atoms with van der Waals surface area (Å²) in [6.07, 6.45) is 0.166. The molecule has 0 saturated heterocycles. The first kappa shape index (κ1) is 16.1. The zero-order valence-electron chi connectivity index (χ0n) is 12.1. The number of amides is 1.